The second kappa shape index (κ2) is 7.05. The first-order valence-corrected chi connectivity index (χ1v) is 14.6. The molecule has 1 unspecified atom stereocenters. The molecule has 1 aliphatic heterocycles. The molecule has 1 fully saturated rings. The topological polar surface area (TPSA) is 46.5 Å². The fourth-order valence-corrected chi connectivity index (χ4v) is 9.61. The molecule has 1 atom stereocenters. The van der Waals surface area contributed by atoms with Crippen LogP contribution in [0.2, 0.25) is 32.2 Å². The zero-order chi connectivity index (χ0) is 16.2. The summed E-state index contributed by atoms with van der Waals surface area (Å²) in [6, 6.07) is 1.47. The predicted molar refractivity (Wildman–Crippen MR) is 91.2 cm³/mol. The van der Waals surface area contributed by atoms with Gasteiger partial charge in [0.15, 0.2) is 7.83 Å². The molecule has 0 spiro atoms. The third-order valence-electron chi connectivity index (χ3n) is 4.55. The van der Waals surface area contributed by atoms with Gasteiger partial charge in [0.1, 0.15) is 0 Å². The Labute approximate surface area is 126 Å². The van der Waals surface area contributed by atoms with Crippen LogP contribution in [-0.2, 0) is 9.22 Å². The zero-order valence-corrected chi connectivity index (χ0v) is 16.3. The molecule has 1 aliphatic rings. The summed E-state index contributed by atoms with van der Waals surface area (Å²) in [5.41, 5.74) is 0.391. The Morgan fingerprint density at radius 1 is 1.35 bits per heavy atom. The van der Waals surface area contributed by atoms with E-state index < -0.39 is 21.4 Å². The molecule has 0 amide bonds. The number of rotatable bonds is 3. The number of carboxylic acid groups (broad SMARTS) is 1. The van der Waals surface area contributed by atoms with Crippen molar-refractivity contribution < 1.29 is 14.3 Å². The van der Waals surface area contributed by atoms with E-state index in [1.807, 2.05) is 0 Å². The Hall–Kier alpha value is -0.396. The van der Waals surface area contributed by atoms with Crippen molar-refractivity contribution in [1.82, 2.24) is 0 Å². The maximum Gasteiger partial charge on any atom is 0.330 e. The van der Waals surface area contributed by atoms with Gasteiger partial charge in [-0.3, -0.25) is 0 Å². The molecule has 3 nitrogen and oxygen atoms in total. The molecular formula is C15H32O3Si2. The van der Waals surface area contributed by atoms with Crippen molar-refractivity contribution >= 4 is 21.4 Å². The maximum atomic E-state index is 9.60. The van der Waals surface area contributed by atoms with Crippen LogP contribution in [0.4, 0.5) is 0 Å². The molecule has 0 aromatic rings. The van der Waals surface area contributed by atoms with Crippen LogP contribution >= 0.6 is 0 Å². The van der Waals surface area contributed by atoms with Gasteiger partial charge >= 0.3 is 5.97 Å². The summed E-state index contributed by atoms with van der Waals surface area (Å²) < 4.78 is 6.52. The number of carbonyl (C=O) groups is 1. The minimum absolute atomic E-state index is 0.176. The second-order valence-electron chi connectivity index (χ2n) is 7.28. The van der Waals surface area contributed by atoms with Gasteiger partial charge in [0.25, 0.3) is 0 Å². The fourth-order valence-electron chi connectivity index (χ4n) is 2.39. The first-order chi connectivity index (χ1) is 8.87. The molecule has 1 rings (SSSR count). The van der Waals surface area contributed by atoms with E-state index in [0.717, 1.165) is 0 Å². The van der Waals surface area contributed by atoms with Crippen LogP contribution in [0, 0.1) is 0 Å². The molecule has 118 valence electrons. The van der Waals surface area contributed by atoms with Gasteiger partial charge in [-0.2, -0.15) is 0 Å². The van der Waals surface area contributed by atoms with Crippen LogP contribution in [0.3, 0.4) is 0 Å². The molecule has 1 N–H and O–H groups in total. The van der Waals surface area contributed by atoms with Gasteiger partial charge in [-0.1, -0.05) is 39.1 Å². The van der Waals surface area contributed by atoms with Gasteiger partial charge in [-0.15, -0.1) is 0 Å². The minimum atomic E-state index is -1.35. The van der Waals surface area contributed by atoms with Crippen molar-refractivity contribution in [3.8, 4) is 0 Å². The first kappa shape index (κ1) is 19.6. The minimum Gasteiger partial charge on any atom is -0.478 e. The van der Waals surface area contributed by atoms with Crippen LogP contribution in [0.25, 0.3) is 0 Å². The average molecular weight is 317 g/mol. The highest BCUT2D eigenvalue weighted by Crippen LogP contribution is 2.40. The summed E-state index contributed by atoms with van der Waals surface area (Å²) in [6.45, 7) is 19.1. The van der Waals surface area contributed by atoms with Gasteiger partial charge in [-0.05, 0) is 39.8 Å². The lowest BCUT2D eigenvalue weighted by Crippen LogP contribution is -2.64. The lowest BCUT2D eigenvalue weighted by Gasteiger charge is -2.51. The van der Waals surface area contributed by atoms with Crippen LogP contribution < -0.4 is 0 Å². The quantitative estimate of drug-likeness (QED) is 0.611. The van der Waals surface area contributed by atoms with E-state index in [2.05, 4.69) is 46.6 Å². The number of hydrogen-bond donors (Lipinski definition) is 1. The number of aliphatic carboxylic acids is 1. The van der Waals surface area contributed by atoms with E-state index in [1.165, 1.54) is 32.2 Å². The lowest BCUT2D eigenvalue weighted by molar-refractivity contribution is -0.132. The van der Waals surface area contributed by atoms with Crippen LogP contribution in [0.5, 0.6) is 0 Å². The zero-order valence-electron chi connectivity index (χ0n) is 14.3. The molecule has 5 heteroatoms. The molecule has 1 saturated heterocycles. The molecule has 0 radical (unpaired) electrons. The highest BCUT2D eigenvalue weighted by atomic mass is 29.3. The lowest BCUT2D eigenvalue weighted by atomic mass is 9.98. The Morgan fingerprint density at radius 2 is 1.80 bits per heavy atom. The fraction of sp³-hybridized carbons (Fsp3) is 0.800. The molecule has 0 aliphatic carbocycles. The highest BCUT2D eigenvalue weighted by molar-refractivity contribution is 7.38. The first-order valence-electron chi connectivity index (χ1n) is 7.46. The Morgan fingerprint density at radius 3 is 2.10 bits per heavy atom. The number of carboxylic acids is 1. The van der Waals surface area contributed by atoms with Crippen LogP contribution in [-0.4, -0.2) is 32.1 Å². The Balaban J connectivity index is 0.000000511. The van der Waals surface area contributed by atoms with E-state index in [0.29, 0.717) is 0 Å². The molecular weight excluding hydrogens is 284 g/mol. The molecule has 0 bridgehead atoms. The van der Waals surface area contributed by atoms with Gasteiger partial charge in [0.2, 0.25) is 0 Å². The van der Waals surface area contributed by atoms with E-state index in [4.69, 9.17) is 9.53 Å². The molecule has 0 saturated carbocycles. The summed E-state index contributed by atoms with van der Waals surface area (Å²) in [5, 5.41) is 7.89. The largest absolute Gasteiger partial charge is 0.478 e. The van der Waals surface area contributed by atoms with Gasteiger partial charge in [0, 0.05) is 5.57 Å². The standard InChI is InChI=1S/C11H26OSi2.C4H6O2/c1-7-8-11(2)9-10-13(3,4)14(5,6)12-11;1-3(2)4(5)6/h7-10H2,1-6H3;1H2,2H3,(H,5,6). The predicted octanol–water partition coefficient (Wildman–Crippen LogP) is 4.60. The average Bonchev–Trinajstić information content (AvgIpc) is 2.25. The second-order valence-corrected chi connectivity index (χ2v) is 22.4. The van der Waals surface area contributed by atoms with Crippen molar-refractivity contribution in [2.75, 3.05) is 0 Å². The summed E-state index contributed by atoms with van der Waals surface area (Å²) >= 11 is 0. The van der Waals surface area contributed by atoms with Crippen molar-refractivity contribution in [1.29, 1.82) is 0 Å². The molecule has 0 aromatic carbocycles. The van der Waals surface area contributed by atoms with E-state index >= 15 is 0 Å². The Bertz CT molecular complexity index is 352. The van der Waals surface area contributed by atoms with Gasteiger partial charge < -0.3 is 9.53 Å². The van der Waals surface area contributed by atoms with Crippen molar-refractivity contribution in [3.05, 3.63) is 12.2 Å². The van der Waals surface area contributed by atoms with Gasteiger partial charge in [-0.25, -0.2) is 4.79 Å². The normalized spacial score (nSPS) is 27.1. The van der Waals surface area contributed by atoms with E-state index in [9.17, 15) is 4.79 Å². The smallest absolute Gasteiger partial charge is 0.330 e. The SMILES string of the molecule is C=C(C)C(=O)O.CCCC1(C)CC[Si](C)(C)[Si](C)(C)O1. The van der Waals surface area contributed by atoms with Crippen LogP contribution in [0.15, 0.2) is 12.2 Å². The van der Waals surface area contributed by atoms with Crippen LogP contribution in [0.1, 0.15) is 40.0 Å². The highest BCUT2D eigenvalue weighted by Gasteiger charge is 2.50. The van der Waals surface area contributed by atoms with E-state index in [1.54, 1.807) is 0 Å². The summed E-state index contributed by atoms with van der Waals surface area (Å²) in [6.07, 6.45) is 3.80. The molecule has 0 aromatic heterocycles. The van der Waals surface area contributed by atoms with Crippen molar-refractivity contribution in [3.63, 3.8) is 0 Å². The van der Waals surface area contributed by atoms with E-state index in [-0.39, 0.29) is 11.2 Å². The monoisotopic (exact) mass is 316 g/mol. The molecule has 20 heavy (non-hydrogen) atoms. The summed E-state index contributed by atoms with van der Waals surface area (Å²) in [7, 11) is -2.37. The Kier molecular flexibility index (Phi) is 6.91. The van der Waals surface area contributed by atoms with Crippen molar-refractivity contribution in [2.45, 2.75) is 77.9 Å². The third kappa shape index (κ3) is 5.54. The number of hydrogen-bond acceptors (Lipinski definition) is 2. The summed E-state index contributed by atoms with van der Waals surface area (Å²) in [4.78, 5) is 9.60. The molecule has 1 heterocycles. The third-order valence-corrected chi connectivity index (χ3v) is 21.2. The summed E-state index contributed by atoms with van der Waals surface area (Å²) in [5.74, 6) is -0.935. The maximum absolute atomic E-state index is 9.60. The van der Waals surface area contributed by atoms with Crippen molar-refractivity contribution in [2.24, 2.45) is 0 Å². The van der Waals surface area contributed by atoms with Gasteiger partial charge in [0.05, 0.1) is 13.2 Å².